The minimum atomic E-state index is 0.738. The van der Waals surface area contributed by atoms with Gasteiger partial charge < -0.3 is 9.47 Å². The first-order valence-electron chi connectivity index (χ1n) is 8.02. The molecule has 0 aliphatic carbocycles. The van der Waals surface area contributed by atoms with Gasteiger partial charge in [-0.15, -0.1) is 0 Å². The molecule has 0 atom stereocenters. The van der Waals surface area contributed by atoms with Crippen LogP contribution in [0.1, 0.15) is 30.4 Å². The zero-order chi connectivity index (χ0) is 16.3. The topological polar surface area (TPSA) is 18.5 Å². The smallest absolute Gasteiger partial charge is 0.119 e. The molecule has 0 amide bonds. The Balaban J connectivity index is 1.54. The largest absolute Gasteiger partial charge is 0.494 e. The summed E-state index contributed by atoms with van der Waals surface area (Å²) in [5, 5.41) is 0. The molecule has 0 bridgehead atoms. The van der Waals surface area contributed by atoms with E-state index >= 15 is 0 Å². The lowest BCUT2D eigenvalue weighted by molar-refractivity contribution is 0.279. The second-order valence-electron chi connectivity index (χ2n) is 5.30. The van der Waals surface area contributed by atoms with Crippen LogP contribution >= 0.6 is 0 Å². The maximum Gasteiger partial charge on any atom is 0.119 e. The molecular weight excluding hydrogens is 284 g/mol. The van der Waals surface area contributed by atoms with Gasteiger partial charge >= 0.3 is 0 Å². The van der Waals surface area contributed by atoms with Gasteiger partial charge in [0.15, 0.2) is 0 Å². The van der Waals surface area contributed by atoms with Crippen molar-refractivity contribution in [3.63, 3.8) is 0 Å². The third-order valence-corrected chi connectivity index (χ3v) is 3.56. The summed E-state index contributed by atoms with van der Waals surface area (Å²) in [7, 11) is 0. The Morgan fingerprint density at radius 2 is 1.00 bits per heavy atom. The Kier molecular flexibility index (Phi) is 6.99. The molecule has 2 rings (SSSR count). The Morgan fingerprint density at radius 3 is 1.35 bits per heavy atom. The van der Waals surface area contributed by atoms with Crippen LogP contribution in [0, 0.1) is 0 Å². The summed E-state index contributed by atoms with van der Waals surface area (Å²) in [6, 6.07) is 15.9. The highest BCUT2D eigenvalue weighted by atomic mass is 16.5. The molecule has 0 aromatic heterocycles. The van der Waals surface area contributed by atoms with Gasteiger partial charge in [0.05, 0.1) is 13.2 Å². The zero-order valence-electron chi connectivity index (χ0n) is 13.5. The molecule has 2 aromatic carbocycles. The highest BCUT2D eigenvalue weighted by Crippen LogP contribution is 2.15. The molecule has 0 saturated heterocycles. The zero-order valence-corrected chi connectivity index (χ0v) is 13.5. The van der Waals surface area contributed by atoms with Crippen LogP contribution in [0.4, 0.5) is 0 Å². The van der Waals surface area contributed by atoms with Gasteiger partial charge in [-0.05, 0) is 54.7 Å². The number of hydrogen-bond acceptors (Lipinski definition) is 2. The summed E-state index contributed by atoms with van der Waals surface area (Å²) in [6.07, 6.45) is 6.81. The third kappa shape index (κ3) is 6.03. The molecule has 0 fully saturated rings. The summed E-state index contributed by atoms with van der Waals surface area (Å²) < 4.78 is 11.4. The van der Waals surface area contributed by atoms with Gasteiger partial charge in [0.2, 0.25) is 0 Å². The van der Waals surface area contributed by atoms with Crippen LogP contribution in [-0.4, -0.2) is 13.2 Å². The van der Waals surface area contributed by atoms with E-state index in [9.17, 15) is 0 Å². The SMILES string of the molecule is C=Cc1ccc(OCCCCCOc2ccc(C=C)cc2)cc1. The van der Waals surface area contributed by atoms with E-state index in [0.29, 0.717) is 0 Å². The second-order valence-corrected chi connectivity index (χ2v) is 5.30. The maximum atomic E-state index is 5.71. The molecule has 0 spiro atoms. The van der Waals surface area contributed by atoms with E-state index in [1.807, 2.05) is 60.7 Å². The third-order valence-electron chi connectivity index (χ3n) is 3.56. The first-order chi connectivity index (χ1) is 11.3. The molecule has 23 heavy (non-hydrogen) atoms. The predicted octanol–water partition coefficient (Wildman–Crippen LogP) is 5.60. The van der Waals surface area contributed by atoms with Gasteiger partial charge in [0, 0.05) is 0 Å². The van der Waals surface area contributed by atoms with E-state index in [1.165, 1.54) is 0 Å². The molecule has 0 saturated carbocycles. The van der Waals surface area contributed by atoms with E-state index in [1.54, 1.807) is 0 Å². The number of rotatable bonds is 10. The second kappa shape index (κ2) is 9.52. The van der Waals surface area contributed by atoms with Crippen LogP contribution in [-0.2, 0) is 0 Å². The Hall–Kier alpha value is -2.48. The van der Waals surface area contributed by atoms with Gasteiger partial charge in [-0.2, -0.15) is 0 Å². The van der Waals surface area contributed by atoms with E-state index in [4.69, 9.17) is 9.47 Å². The summed E-state index contributed by atoms with van der Waals surface area (Å²) in [4.78, 5) is 0. The molecule has 0 aliphatic heterocycles. The van der Waals surface area contributed by atoms with Gasteiger partial charge in [0.25, 0.3) is 0 Å². The summed E-state index contributed by atoms with van der Waals surface area (Å²) in [6.45, 7) is 8.95. The standard InChI is InChI=1S/C21H24O2/c1-3-18-8-12-20(13-9-18)22-16-6-5-7-17-23-21-14-10-19(4-2)11-15-21/h3-4,8-15H,1-2,5-7,16-17H2. The fourth-order valence-corrected chi connectivity index (χ4v) is 2.16. The van der Waals surface area contributed by atoms with Crippen molar-refractivity contribution in [2.75, 3.05) is 13.2 Å². The summed E-state index contributed by atoms with van der Waals surface area (Å²) >= 11 is 0. The number of benzene rings is 2. The Labute approximate surface area is 139 Å². The van der Waals surface area contributed by atoms with E-state index < -0.39 is 0 Å². The molecule has 0 radical (unpaired) electrons. The molecule has 120 valence electrons. The van der Waals surface area contributed by atoms with Crippen LogP contribution in [0.5, 0.6) is 11.5 Å². The normalized spacial score (nSPS) is 10.1. The average molecular weight is 308 g/mol. The average Bonchev–Trinajstić information content (AvgIpc) is 2.62. The van der Waals surface area contributed by atoms with Crippen molar-refractivity contribution < 1.29 is 9.47 Å². The van der Waals surface area contributed by atoms with Crippen molar-refractivity contribution >= 4 is 12.2 Å². The van der Waals surface area contributed by atoms with Gasteiger partial charge in [0.1, 0.15) is 11.5 Å². The highest BCUT2D eigenvalue weighted by Gasteiger charge is 1.96. The molecule has 0 N–H and O–H groups in total. The van der Waals surface area contributed by atoms with E-state index in [-0.39, 0.29) is 0 Å². The van der Waals surface area contributed by atoms with Crippen LogP contribution in [0.3, 0.4) is 0 Å². The molecular formula is C21H24O2. The number of unbranched alkanes of at least 4 members (excludes halogenated alkanes) is 2. The predicted molar refractivity (Wildman–Crippen MR) is 97.9 cm³/mol. The van der Waals surface area contributed by atoms with E-state index in [2.05, 4.69) is 13.2 Å². The molecule has 2 heteroatoms. The van der Waals surface area contributed by atoms with Crippen LogP contribution in [0.2, 0.25) is 0 Å². The molecule has 2 aromatic rings. The van der Waals surface area contributed by atoms with Gasteiger partial charge in [-0.25, -0.2) is 0 Å². The molecule has 0 unspecified atom stereocenters. The minimum absolute atomic E-state index is 0.738. The highest BCUT2D eigenvalue weighted by molar-refractivity contribution is 5.48. The van der Waals surface area contributed by atoms with Crippen molar-refractivity contribution in [2.24, 2.45) is 0 Å². The van der Waals surface area contributed by atoms with Crippen LogP contribution in [0.15, 0.2) is 61.7 Å². The van der Waals surface area contributed by atoms with Crippen LogP contribution in [0.25, 0.3) is 12.2 Å². The number of ether oxygens (including phenoxy) is 2. The lowest BCUT2D eigenvalue weighted by atomic mass is 10.2. The van der Waals surface area contributed by atoms with Gasteiger partial charge in [-0.1, -0.05) is 49.6 Å². The lowest BCUT2D eigenvalue weighted by Crippen LogP contribution is -2.01. The van der Waals surface area contributed by atoms with Crippen LogP contribution < -0.4 is 9.47 Å². The van der Waals surface area contributed by atoms with E-state index in [0.717, 1.165) is 55.1 Å². The van der Waals surface area contributed by atoms with Crippen molar-refractivity contribution in [3.8, 4) is 11.5 Å². The van der Waals surface area contributed by atoms with Crippen molar-refractivity contribution in [1.29, 1.82) is 0 Å². The lowest BCUT2D eigenvalue weighted by Gasteiger charge is -2.08. The Bertz CT molecular complexity index is 541. The first-order valence-corrected chi connectivity index (χ1v) is 8.02. The molecule has 0 aliphatic rings. The quantitative estimate of drug-likeness (QED) is 0.532. The summed E-state index contributed by atoms with van der Waals surface area (Å²) in [5.74, 6) is 1.82. The first kappa shape index (κ1) is 16.9. The monoisotopic (exact) mass is 308 g/mol. The molecule has 0 heterocycles. The summed E-state index contributed by atoms with van der Waals surface area (Å²) in [5.41, 5.74) is 2.21. The van der Waals surface area contributed by atoms with Gasteiger partial charge in [-0.3, -0.25) is 0 Å². The maximum absolute atomic E-state index is 5.71. The number of hydrogen-bond donors (Lipinski definition) is 0. The van der Waals surface area contributed by atoms with Crippen molar-refractivity contribution in [2.45, 2.75) is 19.3 Å². The minimum Gasteiger partial charge on any atom is -0.494 e. The fourth-order valence-electron chi connectivity index (χ4n) is 2.16. The van der Waals surface area contributed by atoms with Crippen molar-refractivity contribution in [1.82, 2.24) is 0 Å². The van der Waals surface area contributed by atoms with Crippen molar-refractivity contribution in [3.05, 3.63) is 72.8 Å². The Morgan fingerprint density at radius 1 is 0.609 bits per heavy atom. The fraction of sp³-hybridized carbons (Fsp3) is 0.238. The molecule has 2 nitrogen and oxygen atoms in total.